The van der Waals surface area contributed by atoms with Crippen molar-refractivity contribution in [3.05, 3.63) is 30.9 Å². The first-order valence-electron chi connectivity index (χ1n) is 5.51. The average molecular weight is 286 g/mol. The Bertz CT molecular complexity index is 444. The molecule has 2 N–H and O–H groups in total. The highest BCUT2D eigenvalue weighted by Crippen LogP contribution is 1.74. The SMILES string of the molecule is CC(=O)[O-].CC[n+]1ccn(C)c1.O=C(O)/C=C\C(=O)O. The average Bonchev–Trinajstić information content (AvgIpc) is 2.72. The lowest BCUT2D eigenvalue weighted by molar-refractivity contribution is -0.693. The molecule has 1 rings (SSSR count). The summed E-state index contributed by atoms with van der Waals surface area (Å²) >= 11 is 0. The zero-order valence-corrected chi connectivity index (χ0v) is 11.5. The second kappa shape index (κ2) is 11.5. The second-order valence-corrected chi connectivity index (χ2v) is 3.41. The number of aromatic nitrogens is 2. The van der Waals surface area contributed by atoms with Gasteiger partial charge in [0.2, 0.25) is 6.33 Å². The molecule has 0 fully saturated rings. The summed E-state index contributed by atoms with van der Waals surface area (Å²) in [7, 11) is 2.02. The molecule has 0 atom stereocenters. The Morgan fingerprint density at radius 3 is 1.80 bits per heavy atom. The number of aryl methyl sites for hydroxylation is 2. The highest BCUT2D eigenvalue weighted by atomic mass is 16.4. The van der Waals surface area contributed by atoms with Crippen molar-refractivity contribution in [3.8, 4) is 0 Å². The quantitative estimate of drug-likeness (QED) is 0.531. The summed E-state index contributed by atoms with van der Waals surface area (Å²) in [6.07, 6.45) is 7.26. The Balaban J connectivity index is 0. The monoisotopic (exact) mass is 286 g/mol. The van der Waals surface area contributed by atoms with Crippen LogP contribution < -0.4 is 9.67 Å². The van der Waals surface area contributed by atoms with Crippen LogP contribution in [-0.2, 0) is 28.0 Å². The van der Waals surface area contributed by atoms with Gasteiger partial charge >= 0.3 is 11.9 Å². The van der Waals surface area contributed by atoms with Gasteiger partial charge in [0.1, 0.15) is 12.4 Å². The number of carboxylic acid groups (broad SMARTS) is 3. The van der Waals surface area contributed by atoms with Crippen LogP contribution in [0.3, 0.4) is 0 Å². The van der Waals surface area contributed by atoms with Crippen molar-refractivity contribution in [1.82, 2.24) is 4.57 Å². The van der Waals surface area contributed by atoms with Crippen molar-refractivity contribution in [3.63, 3.8) is 0 Å². The van der Waals surface area contributed by atoms with E-state index in [1.165, 1.54) is 0 Å². The van der Waals surface area contributed by atoms with Crippen LogP contribution in [0.1, 0.15) is 13.8 Å². The molecule has 0 bridgehead atoms. The molecular formula is C12H18N2O6. The van der Waals surface area contributed by atoms with Crippen LogP contribution in [0.25, 0.3) is 0 Å². The van der Waals surface area contributed by atoms with Crippen molar-refractivity contribution < 1.29 is 34.3 Å². The first-order chi connectivity index (χ1) is 9.18. The van der Waals surface area contributed by atoms with Gasteiger partial charge in [0, 0.05) is 18.1 Å². The molecule has 0 aliphatic carbocycles. The molecule has 0 amide bonds. The van der Waals surface area contributed by atoms with Gasteiger partial charge in [-0.3, -0.25) is 0 Å². The Morgan fingerprint density at radius 2 is 1.65 bits per heavy atom. The first kappa shape index (κ1) is 19.7. The van der Waals surface area contributed by atoms with Crippen LogP contribution in [0.4, 0.5) is 0 Å². The fourth-order valence-corrected chi connectivity index (χ4v) is 0.831. The van der Waals surface area contributed by atoms with Gasteiger partial charge in [0.05, 0.1) is 13.6 Å². The number of rotatable bonds is 3. The van der Waals surface area contributed by atoms with Crippen LogP contribution in [0.2, 0.25) is 0 Å². The second-order valence-electron chi connectivity index (χ2n) is 3.41. The molecule has 0 spiro atoms. The zero-order valence-electron chi connectivity index (χ0n) is 11.5. The number of hydrogen-bond acceptors (Lipinski definition) is 4. The molecular weight excluding hydrogens is 268 g/mol. The lowest BCUT2D eigenvalue weighted by Crippen LogP contribution is -2.28. The molecule has 0 aliphatic rings. The summed E-state index contributed by atoms with van der Waals surface area (Å²) in [6, 6.07) is 0. The lowest BCUT2D eigenvalue weighted by Gasteiger charge is -1.81. The smallest absolute Gasteiger partial charge is 0.328 e. The van der Waals surface area contributed by atoms with E-state index in [4.69, 9.17) is 20.1 Å². The van der Waals surface area contributed by atoms with Gasteiger partial charge in [-0.2, -0.15) is 0 Å². The Hall–Kier alpha value is -2.64. The third-order valence-electron chi connectivity index (χ3n) is 1.56. The molecule has 0 radical (unpaired) electrons. The first-order valence-corrected chi connectivity index (χ1v) is 5.51. The minimum atomic E-state index is -1.26. The molecule has 0 saturated carbocycles. The summed E-state index contributed by atoms with van der Waals surface area (Å²) < 4.78 is 4.16. The lowest BCUT2D eigenvalue weighted by atomic mass is 10.5. The maximum absolute atomic E-state index is 9.55. The molecule has 0 saturated heterocycles. The van der Waals surface area contributed by atoms with Crippen LogP contribution in [0.5, 0.6) is 0 Å². The van der Waals surface area contributed by atoms with E-state index in [1.54, 1.807) is 0 Å². The van der Waals surface area contributed by atoms with Gasteiger partial charge in [-0.25, -0.2) is 18.7 Å². The topological polar surface area (TPSA) is 124 Å². The summed E-state index contributed by atoms with van der Waals surface area (Å²) in [5, 5.41) is 24.5. The van der Waals surface area contributed by atoms with Gasteiger partial charge in [-0.1, -0.05) is 0 Å². The zero-order chi connectivity index (χ0) is 16.1. The van der Waals surface area contributed by atoms with E-state index in [2.05, 4.69) is 24.0 Å². The molecule has 1 aromatic rings. The number of carbonyl (C=O) groups is 3. The highest BCUT2D eigenvalue weighted by molar-refractivity contribution is 5.89. The largest absolute Gasteiger partial charge is 0.550 e. The van der Waals surface area contributed by atoms with E-state index in [9.17, 15) is 9.59 Å². The number of carboxylic acids is 3. The summed E-state index contributed by atoms with van der Waals surface area (Å²) in [5.74, 6) is -3.60. The van der Waals surface area contributed by atoms with Crippen LogP contribution >= 0.6 is 0 Å². The van der Waals surface area contributed by atoms with E-state index < -0.39 is 17.9 Å². The van der Waals surface area contributed by atoms with E-state index in [0.717, 1.165) is 13.5 Å². The number of imidazole rings is 1. The van der Waals surface area contributed by atoms with Crippen molar-refractivity contribution >= 4 is 17.9 Å². The number of aliphatic carboxylic acids is 3. The van der Waals surface area contributed by atoms with Crippen LogP contribution in [0.15, 0.2) is 30.9 Å². The fourth-order valence-electron chi connectivity index (χ4n) is 0.831. The molecule has 0 unspecified atom stereocenters. The van der Waals surface area contributed by atoms with Crippen molar-refractivity contribution in [2.24, 2.45) is 7.05 Å². The summed E-state index contributed by atoms with van der Waals surface area (Å²) in [5.41, 5.74) is 0. The number of nitrogens with zero attached hydrogens (tertiary/aromatic N) is 2. The Morgan fingerprint density at radius 1 is 1.25 bits per heavy atom. The predicted molar refractivity (Wildman–Crippen MR) is 66.4 cm³/mol. The van der Waals surface area contributed by atoms with E-state index in [-0.39, 0.29) is 0 Å². The molecule has 1 aromatic heterocycles. The van der Waals surface area contributed by atoms with Crippen molar-refractivity contribution in [2.45, 2.75) is 20.4 Å². The van der Waals surface area contributed by atoms with Gasteiger partial charge in [-0.05, 0) is 13.8 Å². The molecule has 20 heavy (non-hydrogen) atoms. The molecule has 8 heteroatoms. The maximum atomic E-state index is 9.55. The van der Waals surface area contributed by atoms with Gasteiger partial charge in [0.25, 0.3) is 0 Å². The Kier molecular flexibility index (Phi) is 11.3. The molecule has 0 aliphatic heterocycles. The van der Waals surface area contributed by atoms with Crippen LogP contribution in [-0.4, -0.2) is 32.7 Å². The Labute approximate surface area is 116 Å². The minimum Gasteiger partial charge on any atom is -0.550 e. The van der Waals surface area contributed by atoms with Crippen LogP contribution in [0, 0.1) is 0 Å². The summed E-state index contributed by atoms with van der Waals surface area (Å²) in [6.45, 7) is 4.15. The van der Waals surface area contributed by atoms with Crippen molar-refractivity contribution in [2.75, 3.05) is 0 Å². The van der Waals surface area contributed by atoms with E-state index in [1.807, 2.05) is 17.8 Å². The summed E-state index contributed by atoms with van der Waals surface area (Å²) in [4.78, 5) is 28.0. The normalized spacial score (nSPS) is 8.95. The van der Waals surface area contributed by atoms with E-state index in [0.29, 0.717) is 12.2 Å². The third-order valence-corrected chi connectivity index (χ3v) is 1.56. The van der Waals surface area contributed by atoms with E-state index >= 15 is 0 Å². The fraction of sp³-hybridized carbons (Fsp3) is 0.333. The predicted octanol–water partition coefficient (Wildman–Crippen LogP) is -1.20. The maximum Gasteiger partial charge on any atom is 0.328 e. The third kappa shape index (κ3) is 17.7. The molecule has 112 valence electrons. The standard InChI is InChI=1S/C6H11N2.C4H4O4.C2H4O2/c1-3-8-5-4-7(2)6-8;5-3(6)1-2-4(7)8;1-2(3)4/h4-6H,3H2,1-2H3;1-2H,(H,5,6)(H,7,8);1H3,(H,3,4)/q+1;;/p-1/b;2-1-;. The van der Waals surface area contributed by atoms with Crippen molar-refractivity contribution in [1.29, 1.82) is 0 Å². The number of hydrogen-bond donors (Lipinski definition) is 2. The molecule has 1 heterocycles. The molecule has 8 nitrogen and oxygen atoms in total. The van der Waals surface area contributed by atoms with Gasteiger partial charge in [-0.15, -0.1) is 0 Å². The van der Waals surface area contributed by atoms with Gasteiger partial charge in [0.15, 0.2) is 0 Å². The van der Waals surface area contributed by atoms with Gasteiger partial charge < -0.3 is 20.1 Å². The number of carbonyl (C=O) groups excluding carboxylic acids is 1. The highest BCUT2D eigenvalue weighted by Gasteiger charge is 1.92. The molecule has 0 aromatic carbocycles. The minimum absolute atomic E-state index is 0.558.